The third-order valence-corrected chi connectivity index (χ3v) is 5.59. The largest absolute Gasteiger partial charge is 0.507 e. The van der Waals surface area contributed by atoms with Crippen molar-refractivity contribution in [2.24, 2.45) is 0 Å². The summed E-state index contributed by atoms with van der Waals surface area (Å²) < 4.78 is 0. The molecule has 2 fully saturated rings. The molecule has 1 aliphatic carbocycles. The Morgan fingerprint density at radius 2 is 1.67 bits per heavy atom. The first-order valence-electron chi connectivity index (χ1n) is 9.04. The number of hydrogen-bond donors (Lipinski definition) is 1. The molecule has 138 valence electrons. The highest BCUT2D eigenvalue weighted by molar-refractivity contribution is 6.46. The van der Waals surface area contributed by atoms with Crippen molar-refractivity contribution in [1.82, 2.24) is 9.88 Å². The van der Waals surface area contributed by atoms with Crippen LogP contribution in [0.25, 0.3) is 5.76 Å². The van der Waals surface area contributed by atoms with Crippen molar-refractivity contribution in [3.8, 4) is 0 Å². The summed E-state index contributed by atoms with van der Waals surface area (Å²) in [6, 6.07) is 9.55. The molecule has 2 heterocycles. The molecule has 6 heteroatoms. The molecule has 1 atom stereocenters. The van der Waals surface area contributed by atoms with Gasteiger partial charge in [-0.2, -0.15) is 0 Å². The normalized spacial score (nSPS) is 22.6. The first-order valence-corrected chi connectivity index (χ1v) is 9.41. The van der Waals surface area contributed by atoms with Crippen LogP contribution in [0, 0.1) is 0 Å². The number of benzene rings is 1. The number of halogens is 1. The number of likely N-dealkylation sites (tertiary alicyclic amines) is 1. The van der Waals surface area contributed by atoms with Gasteiger partial charge in [-0.15, -0.1) is 0 Å². The van der Waals surface area contributed by atoms with E-state index in [9.17, 15) is 14.7 Å². The molecule has 2 aromatic rings. The number of carbonyl (C=O) groups is 2. The Morgan fingerprint density at radius 1 is 1.04 bits per heavy atom. The zero-order valence-corrected chi connectivity index (χ0v) is 15.4. The molecule has 4 rings (SSSR count). The Hall–Kier alpha value is -2.66. The van der Waals surface area contributed by atoms with Gasteiger partial charge in [0.15, 0.2) is 0 Å². The summed E-state index contributed by atoms with van der Waals surface area (Å²) in [5, 5.41) is 11.4. The number of pyridine rings is 1. The zero-order chi connectivity index (χ0) is 19.0. The highest BCUT2D eigenvalue weighted by atomic mass is 35.5. The predicted molar refractivity (Wildman–Crippen MR) is 102 cm³/mol. The highest BCUT2D eigenvalue weighted by Gasteiger charge is 2.49. The minimum Gasteiger partial charge on any atom is -0.507 e. The molecule has 1 saturated heterocycles. The van der Waals surface area contributed by atoms with E-state index in [4.69, 9.17) is 11.6 Å². The Labute approximate surface area is 162 Å². The molecule has 0 spiro atoms. The number of amides is 1. The molecular weight excluding hydrogens is 364 g/mol. The number of aromatic nitrogens is 1. The Kier molecular flexibility index (Phi) is 4.70. The fourth-order valence-corrected chi connectivity index (χ4v) is 4.17. The van der Waals surface area contributed by atoms with Crippen LogP contribution >= 0.6 is 11.6 Å². The Balaban J connectivity index is 1.87. The van der Waals surface area contributed by atoms with E-state index in [1.54, 1.807) is 53.7 Å². The summed E-state index contributed by atoms with van der Waals surface area (Å²) in [6.45, 7) is 0. The van der Waals surface area contributed by atoms with Crippen LogP contribution < -0.4 is 0 Å². The third kappa shape index (κ3) is 3.12. The molecule has 1 N–H and O–H groups in total. The van der Waals surface area contributed by atoms with Gasteiger partial charge < -0.3 is 10.0 Å². The number of hydrogen-bond acceptors (Lipinski definition) is 4. The molecule has 0 radical (unpaired) electrons. The van der Waals surface area contributed by atoms with Crippen molar-refractivity contribution in [3.05, 3.63) is 70.5 Å². The highest BCUT2D eigenvalue weighted by Crippen LogP contribution is 2.43. The van der Waals surface area contributed by atoms with E-state index < -0.39 is 17.7 Å². The summed E-state index contributed by atoms with van der Waals surface area (Å²) >= 11 is 5.93. The second-order valence-corrected chi connectivity index (χ2v) is 7.37. The maximum absolute atomic E-state index is 12.9. The summed E-state index contributed by atoms with van der Waals surface area (Å²) in [6.07, 6.45) is 7.08. The monoisotopic (exact) mass is 382 g/mol. The van der Waals surface area contributed by atoms with Crippen LogP contribution in [-0.2, 0) is 9.59 Å². The first-order chi connectivity index (χ1) is 13.1. The summed E-state index contributed by atoms with van der Waals surface area (Å²) in [5.41, 5.74) is 1.36. The van der Waals surface area contributed by atoms with Gasteiger partial charge in [0, 0.05) is 29.0 Å². The van der Waals surface area contributed by atoms with Crippen molar-refractivity contribution in [3.63, 3.8) is 0 Å². The fraction of sp³-hybridized carbons (Fsp3) is 0.286. The molecule has 27 heavy (non-hydrogen) atoms. The van der Waals surface area contributed by atoms with Crippen LogP contribution in [0.3, 0.4) is 0 Å². The van der Waals surface area contributed by atoms with E-state index in [1.165, 1.54) is 0 Å². The van der Waals surface area contributed by atoms with E-state index in [-0.39, 0.29) is 17.4 Å². The minimum absolute atomic E-state index is 0.00938. The van der Waals surface area contributed by atoms with Gasteiger partial charge in [0.2, 0.25) is 0 Å². The predicted octanol–water partition coefficient (Wildman–Crippen LogP) is 4.10. The standard InChI is InChI=1S/C21H19ClN2O3/c22-15-7-5-14(6-8-15)19(25)17-18(13-9-11-23-12-10-13)24(21(27)20(17)26)16-3-1-2-4-16/h5-12,16,18,25H,1-4H2/b19-17-. The van der Waals surface area contributed by atoms with Crippen molar-refractivity contribution in [1.29, 1.82) is 0 Å². The molecule has 1 aliphatic heterocycles. The molecule has 1 aromatic heterocycles. The average molecular weight is 383 g/mol. The topological polar surface area (TPSA) is 70.5 Å². The lowest BCUT2D eigenvalue weighted by atomic mass is 9.95. The number of rotatable bonds is 3. The maximum atomic E-state index is 12.9. The number of aliphatic hydroxyl groups is 1. The van der Waals surface area contributed by atoms with Crippen LogP contribution in [0.5, 0.6) is 0 Å². The van der Waals surface area contributed by atoms with Gasteiger partial charge in [0.05, 0.1) is 11.6 Å². The maximum Gasteiger partial charge on any atom is 0.295 e. The second kappa shape index (κ2) is 7.16. The lowest BCUT2D eigenvalue weighted by Crippen LogP contribution is -2.37. The molecule has 1 saturated carbocycles. The van der Waals surface area contributed by atoms with Crippen LogP contribution in [0.15, 0.2) is 54.4 Å². The van der Waals surface area contributed by atoms with Crippen molar-refractivity contribution >= 4 is 29.1 Å². The van der Waals surface area contributed by atoms with Crippen LogP contribution in [0.2, 0.25) is 5.02 Å². The average Bonchev–Trinajstić information content (AvgIpc) is 3.30. The smallest absolute Gasteiger partial charge is 0.295 e. The third-order valence-electron chi connectivity index (χ3n) is 5.34. The van der Waals surface area contributed by atoms with Crippen molar-refractivity contribution in [2.45, 2.75) is 37.8 Å². The molecule has 1 aromatic carbocycles. The van der Waals surface area contributed by atoms with Crippen LogP contribution in [-0.4, -0.2) is 32.7 Å². The van der Waals surface area contributed by atoms with E-state index in [2.05, 4.69) is 4.98 Å². The number of nitrogens with zero attached hydrogens (tertiary/aromatic N) is 2. The quantitative estimate of drug-likeness (QED) is 0.493. The summed E-state index contributed by atoms with van der Waals surface area (Å²) in [5.74, 6) is -1.36. The molecule has 1 amide bonds. The second-order valence-electron chi connectivity index (χ2n) is 6.93. The zero-order valence-electron chi connectivity index (χ0n) is 14.6. The van der Waals surface area contributed by atoms with Gasteiger partial charge in [0.25, 0.3) is 11.7 Å². The summed E-state index contributed by atoms with van der Waals surface area (Å²) in [7, 11) is 0. The summed E-state index contributed by atoms with van der Waals surface area (Å²) in [4.78, 5) is 31.5. The minimum atomic E-state index is -0.642. The van der Waals surface area contributed by atoms with Crippen LogP contribution in [0.1, 0.15) is 42.9 Å². The van der Waals surface area contributed by atoms with Crippen LogP contribution in [0.4, 0.5) is 0 Å². The number of carbonyl (C=O) groups excluding carboxylic acids is 2. The lowest BCUT2D eigenvalue weighted by molar-refractivity contribution is -0.141. The van der Waals surface area contributed by atoms with Gasteiger partial charge in [-0.25, -0.2) is 0 Å². The fourth-order valence-electron chi connectivity index (χ4n) is 4.05. The van der Waals surface area contributed by atoms with Gasteiger partial charge in [-0.05, 0) is 54.8 Å². The van der Waals surface area contributed by atoms with Gasteiger partial charge in [-0.1, -0.05) is 24.4 Å². The molecule has 5 nitrogen and oxygen atoms in total. The van der Waals surface area contributed by atoms with Crippen molar-refractivity contribution in [2.75, 3.05) is 0 Å². The lowest BCUT2D eigenvalue weighted by Gasteiger charge is -2.30. The van der Waals surface area contributed by atoms with Crippen molar-refractivity contribution < 1.29 is 14.7 Å². The molecule has 2 aliphatic rings. The van der Waals surface area contributed by atoms with E-state index >= 15 is 0 Å². The molecule has 0 bridgehead atoms. The molecular formula is C21H19ClN2O3. The Bertz CT molecular complexity index is 903. The van der Waals surface area contributed by atoms with E-state index in [0.717, 1.165) is 31.2 Å². The SMILES string of the molecule is O=C1C(=O)N(C2CCCC2)C(c2ccncc2)/C1=C(/O)c1ccc(Cl)cc1. The Morgan fingerprint density at radius 3 is 2.30 bits per heavy atom. The van der Waals surface area contributed by atoms with Gasteiger partial charge in [0.1, 0.15) is 5.76 Å². The van der Waals surface area contributed by atoms with Gasteiger partial charge in [-0.3, -0.25) is 14.6 Å². The van der Waals surface area contributed by atoms with E-state index in [0.29, 0.717) is 10.6 Å². The first kappa shape index (κ1) is 17.7. The molecule has 1 unspecified atom stereocenters. The number of aliphatic hydroxyl groups excluding tert-OH is 1. The number of Topliss-reactive ketones (excluding diaryl/α,β-unsaturated/α-hetero) is 1. The van der Waals surface area contributed by atoms with Gasteiger partial charge >= 0.3 is 0 Å². The van der Waals surface area contributed by atoms with E-state index in [1.807, 2.05) is 0 Å². The number of ketones is 1.